The molecule has 0 aliphatic heterocycles. The number of benzene rings is 1. The molecule has 1 saturated carbocycles. The summed E-state index contributed by atoms with van der Waals surface area (Å²) < 4.78 is 7.35. The van der Waals surface area contributed by atoms with Crippen LogP contribution >= 0.6 is 15.9 Å². The molecule has 2 unspecified atom stereocenters. The van der Waals surface area contributed by atoms with E-state index in [-0.39, 0.29) is 12.1 Å². The molecule has 1 aromatic rings. The van der Waals surface area contributed by atoms with Crippen LogP contribution in [0.4, 0.5) is 0 Å². The van der Waals surface area contributed by atoms with Gasteiger partial charge in [0.25, 0.3) is 0 Å². The van der Waals surface area contributed by atoms with Crippen LogP contribution in [-0.4, -0.2) is 12.1 Å². The molecule has 2 rings (SSSR count). The first kappa shape index (κ1) is 14.0. The maximum atomic E-state index is 6.26. The third kappa shape index (κ3) is 3.56. The van der Waals surface area contributed by atoms with Crippen LogP contribution in [0.25, 0.3) is 0 Å². The molecule has 2 N–H and O–H groups in total. The van der Waals surface area contributed by atoms with Crippen molar-refractivity contribution < 1.29 is 4.74 Å². The Balaban J connectivity index is 2.13. The lowest BCUT2D eigenvalue weighted by Gasteiger charge is -2.27. The van der Waals surface area contributed by atoms with E-state index < -0.39 is 0 Å². The van der Waals surface area contributed by atoms with Gasteiger partial charge in [0, 0.05) is 10.5 Å². The largest absolute Gasteiger partial charge is 0.369 e. The predicted molar refractivity (Wildman–Crippen MR) is 78.5 cm³/mol. The van der Waals surface area contributed by atoms with Gasteiger partial charge in [0.1, 0.15) is 0 Å². The van der Waals surface area contributed by atoms with E-state index in [0.29, 0.717) is 6.10 Å². The second kappa shape index (κ2) is 6.69. The minimum Gasteiger partial charge on any atom is -0.369 e. The van der Waals surface area contributed by atoms with Crippen molar-refractivity contribution in [1.82, 2.24) is 0 Å². The second-order valence-corrected chi connectivity index (χ2v) is 6.01. The zero-order valence-electron chi connectivity index (χ0n) is 10.9. The number of ether oxygens (including phenoxy) is 1. The number of halogens is 1. The Morgan fingerprint density at radius 2 is 2.11 bits per heavy atom. The van der Waals surface area contributed by atoms with Crippen molar-refractivity contribution in [1.29, 1.82) is 0 Å². The Bertz CT molecular complexity index is 377. The highest BCUT2D eigenvalue weighted by Crippen LogP contribution is 2.31. The van der Waals surface area contributed by atoms with E-state index in [2.05, 4.69) is 35.0 Å². The summed E-state index contributed by atoms with van der Waals surface area (Å²) in [5, 5.41) is 0. The van der Waals surface area contributed by atoms with Gasteiger partial charge in [-0.05, 0) is 37.0 Å². The van der Waals surface area contributed by atoms with Gasteiger partial charge in [-0.1, -0.05) is 47.8 Å². The molecule has 1 fully saturated rings. The molecule has 2 nitrogen and oxygen atoms in total. The van der Waals surface area contributed by atoms with Crippen molar-refractivity contribution in [3.05, 3.63) is 34.3 Å². The molecule has 1 aliphatic rings. The van der Waals surface area contributed by atoms with Crippen LogP contribution in [0, 0.1) is 0 Å². The first-order chi connectivity index (χ1) is 8.70. The van der Waals surface area contributed by atoms with E-state index in [0.717, 1.165) is 10.9 Å². The van der Waals surface area contributed by atoms with E-state index >= 15 is 0 Å². The lowest BCUT2D eigenvalue weighted by molar-refractivity contribution is -0.0237. The van der Waals surface area contributed by atoms with Crippen LogP contribution in [0.1, 0.15) is 50.7 Å². The third-order valence-corrected chi connectivity index (χ3v) is 4.17. The van der Waals surface area contributed by atoms with Crippen molar-refractivity contribution >= 4 is 15.9 Å². The van der Waals surface area contributed by atoms with E-state index in [1.165, 1.54) is 31.2 Å². The normalized spacial score (nSPS) is 19.9. The molecule has 0 saturated heterocycles. The molecule has 0 amide bonds. The standard InChI is InChI=1S/C15H22BrNO/c1-2-14(17)15(18-13-8-3-4-9-13)11-6-5-7-12(16)10-11/h5-7,10,13-15H,2-4,8-9,17H2,1H3. The van der Waals surface area contributed by atoms with Crippen LogP contribution in [-0.2, 0) is 4.74 Å². The molecule has 1 aromatic carbocycles. The van der Waals surface area contributed by atoms with Gasteiger partial charge in [-0.2, -0.15) is 0 Å². The van der Waals surface area contributed by atoms with Gasteiger partial charge in [0.2, 0.25) is 0 Å². The van der Waals surface area contributed by atoms with Crippen LogP contribution < -0.4 is 5.73 Å². The molecule has 0 aromatic heterocycles. The topological polar surface area (TPSA) is 35.2 Å². The Hall–Kier alpha value is -0.380. The van der Waals surface area contributed by atoms with Gasteiger partial charge in [-0.15, -0.1) is 0 Å². The average Bonchev–Trinajstić information content (AvgIpc) is 2.88. The summed E-state index contributed by atoms with van der Waals surface area (Å²) >= 11 is 3.52. The zero-order chi connectivity index (χ0) is 13.0. The van der Waals surface area contributed by atoms with E-state index in [1.54, 1.807) is 0 Å². The van der Waals surface area contributed by atoms with E-state index in [9.17, 15) is 0 Å². The fraction of sp³-hybridized carbons (Fsp3) is 0.600. The molecule has 0 bridgehead atoms. The number of nitrogens with two attached hydrogens (primary N) is 1. The Morgan fingerprint density at radius 3 is 2.72 bits per heavy atom. The number of rotatable bonds is 5. The molecule has 0 spiro atoms. The summed E-state index contributed by atoms with van der Waals surface area (Å²) in [6.45, 7) is 2.12. The van der Waals surface area contributed by atoms with Gasteiger partial charge in [-0.3, -0.25) is 0 Å². The summed E-state index contributed by atoms with van der Waals surface area (Å²) in [5.41, 5.74) is 7.42. The second-order valence-electron chi connectivity index (χ2n) is 5.09. The van der Waals surface area contributed by atoms with E-state index in [4.69, 9.17) is 10.5 Å². The monoisotopic (exact) mass is 311 g/mol. The number of hydrogen-bond acceptors (Lipinski definition) is 2. The molecule has 0 radical (unpaired) electrons. The summed E-state index contributed by atoms with van der Waals surface area (Å²) in [7, 11) is 0. The highest BCUT2D eigenvalue weighted by atomic mass is 79.9. The minimum atomic E-state index is 0.0237. The van der Waals surface area contributed by atoms with Crippen molar-refractivity contribution in [2.45, 2.75) is 57.3 Å². The molecular formula is C15H22BrNO. The van der Waals surface area contributed by atoms with Crippen LogP contribution in [0.15, 0.2) is 28.7 Å². The SMILES string of the molecule is CCC(N)C(OC1CCCC1)c1cccc(Br)c1. The van der Waals surface area contributed by atoms with Crippen LogP contribution in [0.5, 0.6) is 0 Å². The fourth-order valence-electron chi connectivity index (χ4n) is 2.56. The summed E-state index contributed by atoms with van der Waals surface area (Å²) in [4.78, 5) is 0. The summed E-state index contributed by atoms with van der Waals surface area (Å²) in [5.74, 6) is 0. The van der Waals surface area contributed by atoms with Gasteiger partial charge in [0.15, 0.2) is 0 Å². The maximum Gasteiger partial charge on any atom is 0.0979 e. The maximum absolute atomic E-state index is 6.26. The lowest BCUT2D eigenvalue weighted by atomic mass is 10.0. The highest BCUT2D eigenvalue weighted by Gasteiger charge is 2.25. The van der Waals surface area contributed by atoms with Crippen LogP contribution in [0.2, 0.25) is 0 Å². The first-order valence-electron chi connectivity index (χ1n) is 6.87. The quantitative estimate of drug-likeness (QED) is 0.885. The zero-order valence-corrected chi connectivity index (χ0v) is 12.5. The predicted octanol–water partition coefficient (Wildman–Crippen LogP) is 4.19. The van der Waals surface area contributed by atoms with Gasteiger partial charge < -0.3 is 10.5 Å². The van der Waals surface area contributed by atoms with Crippen molar-refractivity contribution in [2.24, 2.45) is 5.73 Å². The lowest BCUT2D eigenvalue weighted by Crippen LogP contribution is -2.31. The average molecular weight is 312 g/mol. The Morgan fingerprint density at radius 1 is 1.39 bits per heavy atom. The molecular weight excluding hydrogens is 290 g/mol. The molecule has 1 aliphatic carbocycles. The molecule has 100 valence electrons. The number of hydrogen-bond donors (Lipinski definition) is 1. The van der Waals surface area contributed by atoms with Gasteiger partial charge in [-0.25, -0.2) is 0 Å². The molecule has 3 heteroatoms. The van der Waals surface area contributed by atoms with Gasteiger partial charge >= 0.3 is 0 Å². The third-order valence-electron chi connectivity index (χ3n) is 3.68. The molecule has 18 heavy (non-hydrogen) atoms. The molecule has 0 heterocycles. The smallest absolute Gasteiger partial charge is 0.0979 e. The minimum absolute atomic E-state index is 0.0237. The van der Waals surface area contributed by atoms with E-state index in [1.807, 2.05) is 12.1 Å². The Kier molecular flexibility index (Phi) is 5.22. The Labute approximate surface area is 118 Å². The van der Waals surface area contributed by atoms with Gasteiger partial charge in [0.05, 0.1) is 12.2 Å². The summed E-state index contributed by atoms with van der Waals surface area (Å²) in [6.07, 6.45) is 6.29. The van der Waals surface area contributed by atoms with Crippen molar-refractivity contribution in [3.63, 3.8) is 0 Å². The highest BCUT2D eigenvalue weighted by molar-refractivity contribution is 9.10. The van der Waals surface area contributed by atoms with Crippen molar-refractivity contribution in [2.75, 3.05) is 0 Å². The van der Waals surface area contributed by atoms with Crippen molar-refractivity contribution in [3.8, 4) is 0 Å². The fourth-order valence-corrected chi connectivity index (χ4v) is 2.97. The summed E-state index contributed by atoms with van der Waals surface area (Å²) in [6, 6.07) is 8.38. The van der Waals surface area contributed by atoms with Crippen LogP contribution in [0.3, 0.4) is 0 Å². The first-order valence-corrected chi connectivity index (χ1v) is 7.66. The molecule has 2 atom stereocenters.